The molecular weight excluding hydrogens is 582 g/mol. The number of fused-ring (bicyclic) bond motifs is 3. The van der Waals surface area contributed by atoms with Crippen molar-refractivity contribution in [3.63, 3.8) is 0 Å². The van der Waals surface area contributed by atoms with Crippen molar-refractivity contribution in [2.75, 3.05) is 38.4 Å². The minimum absolute atomic E-state index is 0.0120. The highest BCUT2D eigenvalue weighted by atomic mass is 16.3. The Balaban J connectivity index is 1.56. The number of nitrogens with two attached hydrogens (primary N) is 1. The molecule has 3 aliphatic rings. The maximum Gasteiger partial charge on any atom is 0.319 e. The zero-order valence-electron chi connectivity index (χ0n) is 25.6. The first-order chi connectivity index (χ1) is 21.1. The Hall–Kier alpha value is -4.88. The molecule has 238 valence electrons. The van der Waals surface area contributed by atoms with Gasteiger partial charge in [-0.15, -0.1) is 0 Å². The van der Waals surface area contributed by atoms with Crippen molar-refractivity contribution in [1.29, 1.82) is 0 Å². The second kappa shape index (κ2) is 11.2. The maximum atomic E-state index is 14.2. The average Bonchev–Trinajstić information content (AvgIpc) is 2.95. The van der Waals surface area contributed by atoms with Gasteiger partial charge in [-0.1, -0.05) is 17.7 Å². The number of anilines is 2. The van der Waals surface area contributed by atoms with Gasteiger partial charge in [-0.25, -0.2) is 4.79 Å². The molecule has 5 rings (SSSR count). The van der Waals surface area contributed by atoms with Crippen LogP contribution in [0.25, 0.3) is 0 Å². The van der Waals surface area contributed by atoms with Crippen LogP contribution in [0.4, 0.5) is 16.2 Å². The molecule has 2 unspecified atom stereocenters. The highest BCUT2D eigenvalue weighted by Crippen LogP contribution is 2.53. The molecule has 2 aromatic rings. The lowest BCUT2D eigenvalue weighted by atomic mass is 9.58. The van der Waals surface area contributed by atoms with E-state index in [0.29, 0.717) is 16.9 Å². The number of carbonyl (C=O) groups excluding carboxylic acids is 4. The lowest BCUT2D eigenvalue weighted by Crippen LogP contribution is -2.63. The van der Waals surface area contributed by atoms with Crippen LogP contribution in [0, 0.1) is 18.8 Å². The third-order valence-electron chi connectivity index (χ3n) is 9.01. The fourth-order valence-electron chi connectivity index (χ4n) is 6.87. The van der Waals surface area contributed by atoms with Gasteiger partial charge in [-0.05, 0) is 63.5 Å². The molecule has 0 saturated carbocycles. The van der Waals surface area contributed by atoms with E-state index in [4.69, 9.17) is 5.73 Å². The summed E-state index contributed by atoms with van der Waals surface area (Å²) in [5.74, 6) is -7.17. The number of urea groups is 1. The van der Waals surface area contributed by atoms with Crippen LogP contribution in [0.15, 0.2) is 53.0 Å². The van der Waals surface area contributed by atoms with E-state index < -0.39 is 69.8 Å². The zero-order valence-corrected chi connectivity index (χ0v) is 25.6. The molecule has 0 aromatic heterocycles. The van der Waals surface area contributed by atoms with E-state index in [2.05, 4.69) is 10.6 Å². The molecule has 0 aliphatic heterocycles. The Morgan fingerprint density at radius 2 is 1.71 bits per heavy atom. The third-order valence-corrected chi connectivity index (χ3v) is 9.01. The van der Waals surface area contributed by atoms with E-state index >= 15 is 0 Å². The number of aliphatic hydroxyl groups is 3. The molecule has 0 radical (unpaired) electrons. The van der Waals surface area contributed by atoms with Crippen LogP contribution in [0.3, 0.4) is 0 Å². The van der Waals surface area contributed by atoms with Crippen LogP contribution in [0.2, 0.25) is 0 Å². The number of benzene rings is 2. The van der Waals surface area contributed by atoms with Gasteiger partial charge < -0.3 is 41.7 Å². The number of allylic oxidation sites excluding steroid dienone is 1. The number of carbonyl (C=O) groups is 4. The molecule has 0 saturated heterocycles. The Morgan fingerprint density at radius 3 is 2.29 bits per heavy atom. The van der Waals surface area contributed by atoms with Crippen molar-refractivity contribution < 1.29 is 39.6 Å². The summed E-state index contributed by atoms with van der Waals surface area (Å²) in [4.78, 5) is 55.7. The van der Waals surface area contributed by atoms with E-state index in [1.807, 2.05) is 19.1 Å². The number of aliphatic hydroxyl groups excluding tert-OH is 2. The van der Waals surface area contributed by atoms with Gasteiger partial charge in [-0.2, -0.15) is 0 Å². The van der Waals surface area contributed by atoms with E-state index in [-0.39, 0.29) is 36.1 Å². The molecule has 13 nitrogen and oxygen atoms in total. The minimum Gasteiger partial charge on any atom is -0.510 e. The maximum absolute atomic E-state index is 14.2. The van der Waals surface area contributed by atoms with E-state index in [0.717, 1.165) is 5.56 Å². The Morgan fingerprint density at radius 1 is 1.07 bits per heavy atom. The number of ketones is 2. The van der Waals surface area contributed by atoms with Gasteiger partial charge in [0, 0.05) is 49.1 Å². The molecule has 0 fully saturated rings. The number of rotatable bonds is 6. The van der Waals surface area contributed by atoms with Gasteiger partial charge in [0.15, 0.2) is 11.4 Å². The molecule has 13 heteroatoms. The SMILES string of the molecule is Cc1ccc(NC(=O)NCc2cc(N(C)C)c3c(c2O)C(=O)C2=C(O)[C@]4(O)C(=O)C(C(N)=O)=C(O)[C@@H](N(C)C)C4CC2C3)cc1. The van der Waals surface area contributed by atoms with Gasteiger partial charge in [0.05, 0.1) is 11.6 Å². The number of nitrogens with zero attached hydrogens (tertiary/aromatic N) is 2. The smallest absolute Gasteiger partial charge is 0.319 e. The summed E-state index contributed by atoms with van der Waals surface area (Å²) in [5.41, 5.74) is 4.32. The summed E-state index contributed by atoms with van der Waals surface area (Å²) < 4.78 is 0. The number of amides is 3. The summed E-state index contributed by atoms with van der Waals surface area (Å²) >= 11 is 0. The van der Waals surface area contributed by atoms with Gasteiger partial charge in [0.1, 0.15) is 22.8 Å². The molecule has 0 bridgehead atoms. The number of aromatic hydroxyl groups is 1. The number of Topliss-reactive ketones (excluding diaryl/α,β-unsaturated/α-hetero) is 2. The molecular formula is C32H37N5O8. The highest BCUT2D eigenvalue weighted by Gasteiger charge is 2.63. The van der Waals surface area contributed by atoms with Crippen molar-refractivity contribution in [3.8, 4) is 5.75 Å². The second-order valence-electron chi connectivity index (χ2n) is 12.3. The Labute approximate surface area is 259 Å². The van der Waals surface area contributed by atoms with Gasteiger partial charge in [-0.3, -0.25) is 19.3 Å². The van der Waals surface area contributed by atoms with Crippen LogP contribution < -0.4 is 21.3 Å². The van der Waals surface area contributed by atoms with E-state index in [9.17, 15) is 39.6 Å². The summed E-state index contributed by atoms with van der Waals surface area (Å²) in [5, 5.41) is 51.0. The second-order valence-corrected chi connectivity index (χ2v) is 12.3. The fourth-order valence-corrected chi connectivity index (χ4v) is 6.87. The van der Waals surface area contributed by atoms with Crippen molar-refractivity contribution in [2.45, 2.75) is 38.0 Å². The standard InChI is InChI=1S/C32H37N5O8/c1-14-6-8-17(9-7-14)35-31(44)34-13-16-12-20(36(2)3)18-10-15-11-19-24(37(4)5)27(40)23(30(33)43)29(42)32(19,45)28(41)21(15)26(39)22(18)25(16)38/h6-9,12,15,19,24,38,40-41,45H,10-11,13H2,1-5H3,(H2,33,43)(H2,34,35,44)/t15?,19?,24-,32-/m0/s1. The van der Waals surface area contributed by atoms with Crippen LogP contribution >= 0.6 is 0 Å². The van der Waals surface area contributed by atoms with Crippen LogP contribution in [-0.4, -0.2) is 88.7 Å². The number of phenols is 1. The highest BCUT2D eigenvalue weighted by molar-refractivity contribution is 6.25. The molecule has 3 amide bonds. The summed E-state index contributed by atoms with van der Waals surface area (Å²) in [6.07, 6.45) is 0.138. The summed E-state index contributed by atoms with van der Waals surface area (Å²) in [7, 11) is 6.67. The third kappa shape index (κ3) is 4.97. The van der Waals surface area contributed by atoms with Gasteiger partial charge in [0.2, 0.25) is 5.78 Å². The molecule has 4 atom stereocenters. The number of primary amides is 1. The number of likely N-dealkylation sites (N-methyl/N-ethyl adjacent to an activating group) is 1. The van der Waals surface area contributed by atoms with E-state index in [1.54, 1.807) is 51.3 Å². The fraction of sp³-hybridized carbons (Fsp3) is 0.375. The molecule has 3 aliphatic carbocycles. The van der Waals surface area contributed by atoms with E-state index in [1.165, 1.54) is 4.90 Å². The largest absolute Gasteiger partial charge is 0.510 e. The Bertz CT molecular complexity index is 1690. The predicted molar refractivity (Wildman–Crippen MR) is 165 cm³/mol. The zero-order chi connectivity index (χ0) is 33.1. The topological polar surface area (TPSA) is 206 Å². The lowest BCUT2D eigenvalue weighted by Gasteiger charge is -2.50. The monoisotopic (exact) mass is 619 g/mol. The first kappa shape index (κ1) is 31.5. The number of nitrogens with one attached hydrogen (secondary N) is 2. The summed E-state index contributed by atoms with van der Waals surface area (Å²) in [6, 6.07) is 7.23. The van der Waals surface area contributed by atoms with Crippen molar-refractivity contribution in [1.82, 2.24) is 10.2 Å². The van der Waals surface area contributed by atoms with Crippen molar-refractivity contribution in [2.24, 2.45) is 17.6 Å². The lowest BCUT2D eigenvalue weighted by molar-refractivity contribution is -0.148. The molecule has 2 aromatic carbocycles. The average molecular weight is 620 g/mol. The number of hydrogen-bond acceptors (Lipinski definition) is 10. The van der Waals surface area contributed by atoms with Crippen LogP contribution in [-0.2, 0) is 22.6 Å². The molecule has 8 N–H and O–H groups in total. The van der Waals surface area contributed by atoms with Crippen LogP contribution in [0.1, 0.15) is 33.5 Å². The molecule has 0 spiro atoms. The first-order valence-electron chi connectivity index (χ1n) is 14.4. The van der Waals surface area contributed by atoms with Gasteiger partial charge in [0.25, 0.3) is 5.91 Å². The summed E-state index contributed by atoms with van der Waals surface area (Å²) in [6.45, 7) is 1.77. The first-order valence-corrected chi connectivity index (χ1v) is 14.4. The molecule has 0 heterocycles. The molecule has 45 heavy (non-hydrogen) atoms. The Kier molecular flexibility index (Phi) is 7.88. The van der Waals surface area contributed by atoms with Crippen molar-refractivity contribution in [3.05, 3.63) is 75.3 Å². The quantitative estimate of drug-likeness (QED) is 0.234. The number of hydrogen-bond donors (Lipinski definition) is 7. The van der Waals surface area contributed by atoms with Crippen molar-refractivity contribution >= 4 is 34.9 Å². The number of phenolic OH excluding ortho intramolecular Hbond substituents is 1. The predicted octanol–water partition coefficient (Wildman–Crippen LogP) is 1.82. The van der Waals surface area contributed by atoms with Gasteiger partial charge >= 0.3 is 6.03 Å². The van der Waals surface area contributed by atoms with Crippen LogP contribution in [0.5, 0.6) is 5.75 Å². The minimum atomic E-state index is -2.72. The number of aryl methyl sites for hydroxylation is 1. The normalized spacial score (nSPS) is 24.2.